The van der Waals surface area contributed by atoms with Gasteiger partial charge in [-0.15, -0.1) is 0 Å². The molecule has 3 rings (SSSR count). The second kappa shape index (κ2) is 8.38. The number of hydrogen-bond donors (Lipinski definition) is 0. The van der Waals surface area contributed by atoms with E-state index in [1.165, 1.54) is 0 Å². The summed E-state index contributed by atoms with van der Waals surface area (Å²) in [5.74, 6) is 0.654. The second-order valence-corrected chi connectivity index (χ2v) is 7.03. The third-order valence-corrected chi connectivity index (χ3v) is 5.09. The first kappa shape index (κ1) is 19.8. The quantitative estimate of drug-likeness (QED) is 0.640. The maximum atomic E-state index is 13.4. The number of aromatic nitrogens is 2. The van der Waals surface area contributed by atoms with Gasteiger partial charge in [0.05, 0.1) is 22.6 Å². The third kappa shape index (κ3) is 3.57. The van der Waals surface area contributed by atoms with Gasteiger partial charge in [0.25, 0.3) is 5.56 Å². The number of carbonyl (C=O) groups is 1. The number of hydrogen-bond acceptors (Lipinski definition) is 3. The van der Waals surface area contributed by atoms with Gasteiger partial charge >= 0.3 is 0 Å². The number of amides is 1. The van der Waals surface area contributed by atoms with Crippen LogP contribution in [0.2, 0.25) is 0 Å². The molecule has 1 amide bonds. The molecular weight excluding hydrogens is 350 g/mol. The highest BCUT2D eigenvalue weighted by Crippen LogP contribution is 2.24. The topological polar surface area (TPSA) is 55.2 Å². The lowest BCUT2D eigenvalue weighted by Gasteiger charge is -2.30. The van der Waals surface area contributed by atoms with E-state index in [2.05, 4.69) is 0 Å². The lowest BCUT2D eigenvalue weighted by atomic mass is 10.1. The van der Waals surface area contributed by atoms with Crippen LogP contribution in [-0.2, 0) is 4.79 Å². The Hall–Kier alpha value is -2.95. The number of rotatable bonds is 6. The van der Waals surface area contributed by atoms with E-state index in [0.717, 1.165) is 17.7 Å². The van der Waals surface area contributed by atoms with E-state index in [1.54, 1.807) is 10.6 Å². The summed E-state index contributed by atoms with van der Waals surface area (Å²) < 4.78 is 1.67. The largest absolute Gasteiger partial charge is 0.333 e. The Morgan fingerprint density at radius 2 is 1.79 bits per heavy atom. The van der Waals surface area contributed by atoms with Crippen LogP contribution < -0.4 is 5.56 Å². The zero-order chi connectivity index (χ0) is 20.3. The Balaban J connectivity index is 2.31. The van der Waals surface area contributed by atoms with Gasteiger partial charge in [-0.2, -0.15) is 0 Å². The highest BCUT2D eigenvalue weighted by atomic mass is 16.2. The van der Waals surface area contributed by atoms with Gasteiger partial charge in [0, 0.05) is 13.0 Å². The van der Waals surface area contributed by atoms with Crippen molar-refractivity contribution in [2.75, 3.05) is 6.54 Å². The summed E-state index contributed by atoms with van der Waals surface area (Å²) in [6.45, 7) is 8.47. The fourth-order valence-electron chi connectivity index (χ4n) is 3.59. The number of fused-ring (bicyclic) bond motifs is 1. The minimum atomic E-state index is -0.315. The van der Waals surface area contributed by atoms with Gasteiger partial charge in [0.1, 0.15) is 5.82 Å². The predicted octanol–water partition coefficient (Wildman–Crippen LogP) is 4.40. The van der Waals surface area contributed by atoms with Crippen molar-refractivity contribution < 1.29 is 4.79 Å². The Kier molecular flexibility index (Phi) is 5.93. The van der Waals surface area contributed by atoms with Crippen molar-refractivity contribution in [3.8, 4) is 5.69 Å². The van der Waals surface area contributed by atoms with Crippen LogP contribution in [0.15, 0.2) is 53.3 Å². The number of benzene rings is 2. The van der Waals surface area contributed by atoms with Crippen LogP contribution in [0.5, 0.6) is 0 Å². The van der Waals surface area contributed by atoms with Crippen LogP contribution in [0.3, 0.4) is 0 Å². The molecule has 0 bridgehead atoms. The van der Waals surface area contributed by atoms with E-state index in [9.17, 15) is 9.59 Å². The van der Waals surface area contributed by atoms with Gasteiger partial charge in [0.15, 0.2) is 0 Å². The summed E-state index contributed by atoms with van der Waals surface area (Å²) in [4.78, 5) is 32.7. The van der Waals surface area contributed by atoms with Crippen LogP contribution in [0.25, 0.3) is 16.6 Å². The van der Waals surface area contributed by atoms with E-state index in [-0.39, 0.29) is 17.5 Å². The maximum absolute atomic E-state index is 13.4. The highest BCUT2D eigenvalue weighted by molar-refractivity contribution is 5.79. The molecule has 0 N–H and O–H groups in total. The molecule has 5 heteroatoms. The van der Waals surface area contributed by atoms with Crippen molar-refractivity contribution >= 4 is 16.8 Å². The molecule has 0 saturated carbocycles. The van der Waals surface area contributed by atoms with E-state index in [0.29, 0.717) is 29.7 Å². The fourth-order valence-corrected chi connectivity index (χ4v) is 3.59. The minimum absolute atomic E-state index is 0.0630. The lowest BCUT2D eigenvalue weighted by molar-refractivity contribution is -0.133. The first-order chi connectivity index (χ1) is 13.5. The molecule has 1 unspecified atom stereocenters. The number of carbonyl (C=O) groups excluding carboxylic acids is 1. The molecule has 1 heterocycles. The van der Waals surface area contributed by atoms with Crippen LogP contribution in [0, 0.1) is 6.92 Å². The lowest BCUT2D eigenvalue weighted by Crippen LogP contribution is -2.37. The predicted molar refractivity (Wildman–Crippen MR) is 113 cm³/mol. The molecule has 1 atom stereocenters. The van der Waals surface area contributed by atoms with Crippen LogP contribution in [0.1, 0.15) is 51.0 Å². The summed E-state index contributed by atoms with van der Waals surface area (Å²) in [6, 6.07) is 14.8. The van der Waals surface area contributed by atoms with Crippen molar-refractivity contribution in [3.63, 3.8) is 0 Å². The molecule has 0 aliphatic carbocycles. The molecule has 2 aromatic carbocycles. The standard InChI is InChI=1S/C23H27N3O2/c1-5-15-25(21(27)6-2)17(4)22-24-19-13-9-8-12-18(19)23(28)26(22)20-14-10-7-11-16(20)3/h7-14,17H,5-6,15H2,1-4H3. The van der Waals surface area contributed by atoms with Crippen molar-refractivity contribution in [1.82, 2.24) is 14.5 Å². The minimum Gasteiger partial charge on any atom is -0.333 e. The molecule has 1 aromatic heterocycles. The summed E-state index contributed by atoms with van der Waals surface area (Å²) in [7, 11) is 0. The molecular formula is C23H27N3O2. The SMILES string of the molecule is CCCN(C(=O)CC)C(C)c1nc2ccccc2c(=O)n1-c1ccccc1C. The number of aryl methyl sites for hydroxylation is 1. The van der Waals surface area contributed by atoms with Crippen molar-refractivity contribution in [1.29, 1.82) is 0 Å². The van der Waals surface area contributed by atoms with Gasteiger partial charge in [0.2, 0.25) is 5.91 Å². The van der Waals surface area contributed by atoms with Crippen molar-refractivity contribution in [2.24, 2.45) is 0 Å². The van der Waals surface area contributed by atoms with Crippen molar-refractivity contribution in [2.45, 2.75) is 46.6 Å². The summed E-state index contributed by atoms with van der Waals surface area (Å²) >= 11 is 0. The van der Waals surface area contributed by atoms with Gasteiger partial charge < -0.3 is 4.90 Å². The van der Waals surface area contributed by atoms with Crippen LogP contribution >= 0.6 is 0 Å². The van der Waals surface area contributed by atoms with E-state index < -0.39 is 0 Å². The van der Waals surface area contributed by atoms with E-state index in [4.69, 9.17) is 4.98 Å². The molecule has 5 nitrogen and oxygen atoms in total. The second-order valence-electron chi connectivity index (χ2n) is 7.03. The Morgan fingerprint density at radius 3 is 2.46 bits per heavy atom. The highest BCUT2D eigenvalue weighted by Gasteiger charge is 2.25. The summed E-state index contributed by atoms with van der Waals surface area (Å²) in [6.07, 6.45) is 1.27. The molecule has 0 fully saturated rings. The van der Waals surface area contributed by atoms with Gasteiger partial charge in [-0.3, -0.25) is 14.2 Å². The average molecular weight is 377 g/mol. The molecule has 0 aliphatic heterocycles. The first-order valence-electron chi connectivity index (χ1n) is 9.86. The number of nitrogens with zero attached hydrogens (tertiary/aromatic N) is 3. The zero-order valence-corrected chi connectivity index (χ0v) is 17.0. The number of para-hydroxylation sites is 2. The molecule has 146 valence electrons. The van der Waals surface area contributed by atoms with Gasteiger partial charge in [-0.25, -0.2) is 4.98 Å². The van der Waals surface area contributed by atoms with E-state index >= 15 is 0 Å². The molecule has 0 spiro atoms. The first-order valence-corrected chi connectivity index (χ1v) is 9.86. The molecule has 0 aliphatic rings. The van der Waals surface area contributed by atoms with Crippen LogP contribution in [0.4, 0.5) is 0 Å². The monoisotopic (exact) mass is 377 g/mol. The Bertz CT molecular complexity index is 1060. The van der Waals surface area contributed by atoms with Crippen molar-refractivity contribution in [3.05, 3.63) is 70.3 Å². The van der Waals surface area contributed by atoms with E-state index in [1.807, 2.05) is 75.1 Å². The third-order valence-electron chi connectivity index (χ3n) is 5.09. The van der Waals surface area contributed by atoms with Gasteiger partial charge in [-0.05, 0) is 44.0 Å². The molecule has 0 saturated heterocycles. The summed E-state index contributed by atoms with van der Waals surface area (Å²) in [5.41, 5.74) is 2.33. The van der Waals surface area contributed by atoms with Gasteiger partial charge in [-0.1, -0.05) is 44.2 Å². The molecule has 0 radical (unpaired) electrons. The Labute approximate surface area is 165 Å². The zero-order valence-electron chi connectivity index (χ0n) is 17.0. The Morgan fingerprint density at radius 1 is 1.11 bits per heavy atom. The van der Waals surface area contributed by atoms with Crippen LogP contribution in [-0.4, -0.2) is 26.9 Å². The fraction of sp³-hybridized carbons (Fsp3) is 0.348. The average Bonchev–Trinajstić information content (AvgIpc) is 2.71. The normalized spacial score (nSPS) is 12.1. The summed E-state index contributed by atoms with van der Waals surface area (Å²) in [5, 5.41) is 0.575. The smallest absolute Gasteiger partial charge is 0.266 e. The molecule has 3 aromatic rings. The maximum Gasteiger partial charge on any atom is 0.266 e. The molecule has 28 heavy (non-hydrogen) atoms.